The van der Waals surface area contributed by atoms with E-state index in [1.165, 1.54) is 6.92 Å². The molecular formula is C16H21ClN2O. The van der Waals surface area contributed by atoms with E-state index in [9.17, 15) is 4.79 Å². The van der Waals surface area contributed by atoms with Gasteiger partial charge in [-0.1, -0.05) is 24.3 Å². The lowest BCUT2D eigenvalue weighted by molar-refractivity contribution is -0.114. The predicted octanol–water partition coefficient (Wildman–Crippen LogP) is 3.60. The third-order valence-electron chi connectivity index (χ3n) is 2.76. The summed E-state index contributed by atoms with van der Waals surface area (Å²) in [6.07, 6.45) is 3.70. The molecule has 3 nitrogen and oxygen atoms in total. The van der Waals surface area contributed by atoms with Crippen molar-refractivity contribution in [3.63, 3.8) is 0 Å². The molecule has 1 aromatic carbocycles. The zero-order valence-corrected chi connectivity index (χ0v) is 12.6. The Kier molecular flexibility index (Phi) is 7.05. The van der Waals surface area contributed by atoms with E-state index in [4.69, 9.17) is 11.6 Å². The molecule has 0 heterocycles. The van der Waals surface area contributed by atoms with Gasteiger partial charge in [-0.3, -0.25) is 9.69 Å². The van der Waals surface area contributed by atoms with Crippen LogP contribution in [0.2, 0.25) is 0 Å². The third kappa shape index (κ3) is 5.59. The van der Waals surface area contributed by atoms with Crippen LogP contribution < -0.4 is 5.32 Å². The van der Waals surface area contributed by atoms with Gasteiger partial charge in [0.1, 0.15) is 0 Å². The van der Waals surface area contributed by atoms with Crippen molar-refractivity contribution in [1.29, 1.82) is 0 Å². The average molecular weight is 293 g/mol. The van der Waals surface area contributed by atoms with Crippen LogP contribution in [0, 0.1) is 0 Å². The summed E-state index contributed by atoms with van der Waals surface area (Å²) in [5.41, 5.74) is 1.75. The van der Waals surface area contributed by atoms with E-state index < -0.39 is 0 Å². The molecule has 0 aliphatic heterocycles. The number of alkyl halides is 1. The van der Waals surface area contributed by atoms with Crippen molar-refractivity contribution in [3.05, 3.63) is 55.1 Å². The largest absolute Gasteiger partial charge is 0.326 e. The summed E-state index contributed by atoms with van der Waals surface area (Å²) in [6, 6.07) is 7.60. The normalized spacial score (nSPS) is 11.9. The first kappa shape index (κ1) is 16.5. The van der Waals surface area contributed by atoms with E-state index in [1.807, 2.05) is 36.4 Å². The van der Waals surface area contributed by atoms with Crippen molar-refractivity contribution in [2.45, 2.75) is 12.3 Å². The molecule has 108 valence electrons. The third-order valence-corrected chi connectivity index (χ3v) is 3.15. The zero-order chi connectivity index (χ0) is 15.0. The van der Waals surface area contributed by atoms with E-state index in [1.54, 1.807) is 0 Å². The molecule has 1 amide bonds. The molecule has 1 N–H and O–H groups in total. The summed E-state index contributed by atoms with van der Waals surface area (Å²) >= 11 is 6.46. The van der Waals surface area contributed by atoms with Gasteiger partial charge >= 0.3 is 0 Å². The highest BCUT2D eigenvalue weighted by molar-refractivity contribution is 6.21. The molecule has 0 saturated heterocycles. The minimum Gasteiger partial charge on any atom is -0.326 e. The first-order valence-corrected chi connectivity index (χ1v) is 6.96. The number of rotatable bonds is 8. The monoisotopic (exact) mass is 292 g/mol. The van der Waals surface area contributed by atoms with E-state index in [2.05, 4.69) is 23.4 Å². The molecule has 4 heteroatoms. The Hall–Kier alpha value is -1.58. The van der Waals surface area contributed by atoms with Gasteiger partial charge in [-0.15, -0.1) is 24.8 Å². The van der Waals surface area contributed by atoms with E-state index in [0.717, 1.165) is 24.3 Å². The van der Waals surface area contributed by atoms with Crippen LogP contribution in [0.25, 0.3) is 0 Å². The topological polar surface area (TPSA) is 32.3 Å². The highest BCUT2D eigenvalue weighted by atomic mass is 35.5. The molecule has 1 atom stereocenters. The van der Waals surface area contributed by atoms with Crippen molar-refractivity contribution in [1.82, 2.24) is 4.90 Å². The summed E-state index contributed by atoms with van der Waals surface area (Å²) in [4.78, 5) is 13.2. The summed E-state index contributed by atoms with van der Waals surface area (Å²) < 4.78 is 0. The van der Waals surface area contributed by atoms with Crippen molar-refractivity contribution >= 4 is 23.2 Å². The van der Waals surface area contributed by atoms with E-state index in [0.29, 0.717) is 6.54 Å². The molecule has 0 fully saturated rings. The smallest absolute Gasteiger partial charge is 0.221 e. The number of nitrogens with one attached hydrogen (secondary N) is 1. The molecule has 0 bridgehead atoms. The minimum absolute atomic E-state index is 0.0896. The number of hydrogen-bond acceptors (Lipinski definition) is 2. The van der Waals surface area contributed by atoms with Crippen LogP contribution in [0.1, 0.15) is 17.9 Å². The summed E-state index contributed by atoms with van der Waals surface area (Å²) in [5, 5.41) is 2.61. The fraction of sp³-hybridized carbons (Fsp3) is 0.312. The lowest BCUT2D eigenvalue weighted by Crippen LogP contribution is -2.27. The molecule has 0 saturated carbocycles. The van der Waals surface area contributed by atoms with E-state index in [-0.39, 0.29) is 11.3 Å². The molecule has 0 radical (unpaired) electrons. The highest BCUT2D eigenvalue weighted by Gasteiger charge is 2.12. The summed E-state index contributed by atoms with van der Waals surface area (Å²) in [7, 11) is 0. The molecule has 20 heavy (non-hydrogen) atoms. The fourth-order valence-corrected chi connectivity index (χ4v) is 2.27. The van der Waals surface area contributed by atoms with Gasteiger partial charge in [0.05, 0.1) is 5.38 Å². The number of hydrogen-bond donors (Lipinski definition) is 1. The lowest BCUT2D eigenvalue weighted by atomic mass is 10.1. The maximum atomic E-state index is 11.1. The number of anilines is 1. The van der Waals surface area contributed by atoms with Gasteiger partial charge in [0.25, 0.3) is 0 Å². The van der Waals surface area contributed by atoms with E-state index >= 15 is 0 Å². The number of carbonyl (C=O) groups excluding carboxylic acids is 1. The Bertz CT molecular complexity index is 463. The van der Waals surface area contributed by atoms with Crippen molar-refractivity contribution in [3.8, 4) is 0 Å². The van der Waals surface area contributed by atoms with Crippen molar-refractivity contribution < 1.29 is 4.79 Å². The average Bonchev–Trinajstić information content (AvgIpc) is 2.38. The van der Waals surface area contributed by atoms with Crippen LogP contribution in [0.4, 0.5) is 5.69 Å². The minimum atomic E-state index is -0.149. The SMILES string of the molecule is C=CCN(CC=C)CC(Cl)c1cccc(NC(C)=O)c1. The van der Waals surface area contributed by atoms with Crippen LogP contribution in [-0.2, 0) is 4.79 Å². The van der Waals surface area contributed by atoms with Gasteiger partial charge in [-0.2, -0.15) is 0 Å². The maximum absolute atomic E-state index is 11.1. The number of amides is 1. The number of carbonyl (C=O) groups is 1. The predicted molar refractivity (Wildman–Crippen MR) is 86.2 cm³/mol. The standard InChI is InChI=1S/C16H21ClN2O/c1-4-9-19(10-5-2)12-16(17)14-7-6-8-15(11-14)18-13(3)20/h4-8,11,16H,1-2,9-10,12H2,3H3,(H,18,20). The highest BCUT2D eigenvalue weighted by Crippen LogP contribution is 2.24. The Morgan fingerprint density at radius 3 is 2.60 bits per heavy atom. The van der Waals surface area contributed by atoms with Crippen LogP contribution in [-0.4, -0.2) is 30.4 Å². The molecule has 0 spiro atoms. The van der Waals surface area contributed by atoms with Crippen LogP contribution in [0.5, 0.6) is 0 Å². The van der Waals surface area contributed by atoms with Gasteiger partial charge in [-0.25, -0.2) is 0 Å². The quantitative estimate of drug-likeness (QED) is 0.586. The maximum Gasteiger partial charge on any atom is 0.221 e. The first-order valence-electron chi connectivity index (χ1n) is 6.52. The van der Waals surface area contributed by atoms with Gasteiger partial charge in [-0.05, 0) is 17.7 Å². The summed E-state index contributed by atoms with van der Waals surface area (Å²) in [6.45, 7) is 11.2. The Balaban J connectivity index is 2.74. The molecule has 1 rings (SSSR count). The van der Waals surface area contributed by atoms with Gasteiger partial charge in [0, 0.05) is 32.2 Å². The molecule has 0 aliphatic carbocycles. The van der Waals surface area contributed by atoms with Crippen LogP contribution >= 0.6 is 11.6 Å². The fourth-order valence-electron chi connectivity index (χ4n) is 1.94. The Morgan fingerprint density at radius 1 is 1.40 bits per heavy atom. The molecule has 0 aromatic heterocycles. The number of halogens is 1. The van der Waals surface area contributed by atoms with Gasteiger partial charge in [0.15, 0.2) is 0 Å². The van der Waals surface area contributed by atoms with Gasteiger partial charge in [0.2, 0.25) is 5.91 Å². The molecular weight excluding hydrogens is 272 g/mol. The number of nitrogens with zero attached hydrogens (tertiary/aromatic N) is 1. The van der Waals surface area contributed by atoms with Gasteiger partial charge < -0.3 is 5.32 Å². The Labute approximate surface area is 125 Å². The van der Waals surface area contributed by atoms with Crippen LogP contribution in [0.3, 0.4) is 0 Å². The zero-order valence-electron chi connectivity index (χ0n) is 11.8. The lowest BCUT2D eigenvalue weighted by Gasteiger charge is -2.22. The second kappa shape index (κ2) is 8.56. The summed E-state index contributed by atoms with van der Waals surface area (Å²) in [5.74, 6) is -0.0896. The van der Waals surface area contributed by atoms with Crippen molar-refractivity contribution in [2.75, 3.05) is 25.0 Å². The molecule has 1 unspecified atom stereocenters. The number of benzene rings is 1. The van der Waals surface area contributed by atoms with Crippen molar-refractivity contribution in [2.24, 2.45) is 0 Å². The second-order valence-corrected chi connectivity index (χ2v) is 5.10. The molecule has 0 aliphatic rings. The first-order chi connectivity index (χ1) is 9.56. The Morgan fingerprint density at radius 2 is 2.05 bits per heavy atom. The second-order valence-electron chi connectivity index (χ2n) is 4.57. The van der Waals surface area contributed by atoms with Crippen LogP contribution in [0.15, 0.2) is 49.6 Å². The molecule has 1 aromatic rings.